The summed E-state index contributed by atoms with van der Waals surface area (Å²) in [4.78, 5) is 28.2. The van der Waals surface area contributed by atoms with E-state index in [4.69, 9.17) is 27.6 Å². The Morgan fingerprint density at radius 2 is 1.66 bits per heavy atom. The number of para-hydroxylation sites is 1. The van der Waals surface area contributed by atoms with Gasteiger partial charge in [-0.05, 0) is 48.0 Å². The van der Waals surface area contributed by atoms with Crippen molar-refractivity contribution in [1.82, 2.24) is 4.90 Å². The van der Waals surface area contributed by atoms with Crippen molar-refractivity contribution in [3.05, 3.63) is 110 Å². The van der Waals surface area contributed by atoms with Gasteiger partial charge >= 0.3 is 0 Å². The van der Waals surface area contributed by atoms with Crippen LogP contribution in [0.3, 0.4) is 0 Å². The highest BCUT2D eigenvalue weighted by Gasteiger charge is 2.22. The summed E-state index contributed by atoms with van der Waals surface area (Å²) in [5, 5.41) is 15.4. The van der Waals surface area contributed by atoms with E-state index < -0.39 is 10.8 Å². The summed E-state index contributed by atoms with van der Waals surface area (Å²) in [6, 6.07) is 22.5. The molecule has 1 N–H and O–H groups in total. The molecular weight excluding hydrogens is 527 g/mol. The van der Waals surface area contributed by atoms with Crippen LogP contribution >= 0.6 is 23.2 Å². The van der Waals surface area contributed by atoms with E-state index in [0.717, 1.165) is 49.0 Å². The number of nitro benzene ring substituents is 1. The van der Waals surface area contributed by atoms with E-state index in [1.54, 1.807) is 36.4 Å². The van der Waals surface area contributed by atoms with E-state index in [0.29, 0.717) is 16.3 Å². The fourth-order valence-corrected chi connectivity index (χ4v) is 4.99. The molecule has 0 bridgehead atoms. The number of furan rings is 1. The van der Waals surface area contributed by atoms with Crippen LogP contribution in [0, 0.1) is 10.1 Å². The van der Waals surface area contributed by atoms with Crippen LogP contribution in [-0.2, 0) is 6.54 Å². The van der Waals surface area contributed by atoms with Gasteiger partial charge in [-0.3, -0.25) is 19.8 Å². The number of amides is 1. The number of benzene rings is 3. The van der Waals surface area contributed by atoms with Crippen molar-refractivity contribution in [3.8, 4) is 11.3 Å². The molecule has 38 heavy (non-hydrogen) atoms. The van der Waals surface area contributed by atoms with Gasteiger partial charge in [0.2, 0.25) is 0 Å². The fraction of sp³-hybridized carbons (Fsp3) is 0.179. The second kappa shape index (κ2) is 11.3. The number of nitro groups is 1. The van der Waals surface area contributed by atoms with Gasteiger partial charge in [0.25, 0.3) is 11.6 Å². The lowest BCUT2D eigenvalue weighted by Crippen LogP contribution is -2.46. The van der Waals surface area contributed by atoms with Crippen molar-refractivity contribution in [2.45, 2.75) is 6.54 Å². The van der Waals surface area contributed by atoms with Gasteiger partial charge in [0.15, 0.2) is 5.76 Å². The van der Waals surface area contributed by atoms with Gasteiger partial charge in [0.1, 0.15) is 5.76 Å². The van der Waals surface area contributed by atoms with Crippen molar-refractivity contribution < 1.29 is 14.1 Å². The molecule has 0 unspecified atom stereocenters. The third-order valence-corrected chi connectivity index (χ3v) is 7.14. The Bertz CT molecular complexity index is 1480. The van der Waals surface area contributed by atoms with Crippen LogP contribution in [-0.4, -0.2) is 41.9 Å². The van der Waals surface area contributed by atoms with E-state index in [1.807, 2.05) is 30.3 Å². The SMILES string of the molecule is O=C(Nc1ccc(N2CCN(Cc3ccccc3Cl)CC2)c(Cl)c1)c1ccc(-c2ccccc2[N+](=O)[O-])o1. The molecule has 0 aliphatic carbocycles. The number of piperazine rings is 1. The second-order valence-corrected chi connectivity index (χ2v) is 9.73. The normalized spacial score (nSPS) is 13.9. The summed E-state index contributed by atoms with van der Waals surface area (Å²) in [6.45, 7) is 4.19. The highest BCUT2D eigenvalue weighted by atomic mass is 35.5. The van der Waals surface area contributed by atoms with Gasteiger partial charge in [0.05, 0.1) is 21.2 Å². The van der Waals surface area contributed by atoms with Crippen LogP contribution in [0.15, 0.2) is 83.3 Å². The van der Waals surface area contributed by atoms with Crippen molar-refractivity contribution in [1.29, 1.82) is 0 Å². The number of hydrogen-bond acceptors (Lipinski definition) is 6. The van der Waals surface area contributed by atoms with Gasteiger partial charge in [-0.15, -0.1) is 0 Å². The molecule has 4 aromatic rings. The molecule has 0 atom stereocenters. The minimum Gasteiger partial charge on any atom is -0.451 e. The molecule has 0 spiro atoms. The smallest absolute Gasteiger partial charge is 0.291 e. The Morgan fingerprint density at radius 3 is 2.39 bits per heavy atom. The Labute approximate surface area is 229 Å². The first-order valence-electron chi connectivity index (χ1n) is 12.0. The third-order valence-electron chi connectivity index (χ3n) is 6.47. The summed E-state index contributed by atoms with van der Waals surface area (Å²) in [7, 11) is 0. The number of hydrogen-bond donors (Lipinski definition) is 1. The number of nitrogens with zero attached hydrogens (tertiary/aromatic N) is 3. The van der Waals surface area contributed by atoms with Gasteiger partial charge in [-0.25, -0.2) is 0 Å². The van der Waals surface area contributed by atoms with Crippen molar-refractivity contribution in [3.63, 3.8) is 0 Å². The van der Waals surface area contributed by atoms with Crippen LogP contribution in [0.2, 0.25) is 10.0 Å². The van der Waals surface area contributed by atoms with E-state index >= 15 is 0 Å². The lowest BCUT2D eigenvalue weighted by atomic mass is 10.1. The minimum absolute atomic E-state index is 0.0352. The van der Waals surface area contributed by atoms with Crippen LogP contribution in [0.25, 0.3) is 11.3 Å². The summed E-state index contributed by atoms with van der Waals surface area (Å²) >= 11 is 12.9. The maximum atomic E-state index is 12.8. The predicted molar refractivity (Wildman–Crippen MR) is 149 cm³/mol. The molecule has 1 aliphatic heterocycles. The summed E-state index contributed by atoms with van der Waals surface area (Å²) in [5.74, 6) is -0.204. The molecule has 0 saturated carbocycles. The molecule has 0 radical (unpaired) electrons. The van der Waals surface area contributed by atoms with Crippen LogP contribution in [0.4, 0.5) is 17.1 Å². The van der Waals surface area contributed by atoms with Crippen molar-refractivity contribution in [2.75, 3.05) is 36.4 Å². The Morgan fingerprint density at radius 1 is 0.921 bits per heavy atom. The highest BCUT2D eigenvalue weighted by Crippen LogP contribution is 2.32. The summed E-state index contributed by atoms with van der Waals surface area (Å²) in [5.41, 5.74) is 2.74. The van der Waals surface area contributed by atoms with Gasteiger partial charge in [0, 0.05) is 49.5 Å². The summed E-state index contributed by atoms with van der Waals surface area (Å²) < 4.78 is 5.63. The standard InChI is InChI=1S/C28H24Cl2N4O4/c29-22-7-3-1-5-19(22)18-32-13-15-33(16-14-32)25-10-9-20(17-23(25)30)31-28(35)27-12-11-26(38-27)21-6-2-4-8-24(21)34(36)37/h1-12,17H,13-16,18H2,(H,31,35). The van der Waals surface area contributed by atoms with Crippen LogP contribution in [0.5, 0.6) is 0 Å². The zero-order chi connectivity index (χ0) is 26.6. The van der Waals surface area contributed by atoms with E-state index in [-0.39, 0.29) is 17.2 Å². The number of carbonyl (C=O) groups excluding carboxylic acids is 1. The zero-order valence-corrected chi connectivity index (χ0v) is 21.8. The second-order valence-electron chi connectivity index (χ2n) is 8.91. The average Bonchev–Trinajstić information content (AvgIpc) is 3.41. The molecule has 10 heteroatoms. The first-order valence-corrected chi connectivity index (χ1v) is 12.8. The lowest BCUT2D eigenvalue weighted by molar-refractivity contribution is -0.384. The number of anilines is 2. The number of carbonyl (C=O) groups is 1. The Kier molecular flexibility index (Phi) is 7.64. The third kappa shape index (κ3) is 5.67. The maximum Gasteiger partial charge on any atom is 0.291 e. The molecule has 3 aromatic carbocycles. The predicted octanol–water partition coefficient (Wildman–Crippen LogP) is 6.74. The van der Waals surface area contributed by atoms with E-state index in [2.05, 4.69) is 15.1 Å². The maximum absolute atomic E-state index is 12.8. The van der Waals surface area contributed by atoms with Crippen molar-refractivity contribution >= 4 is 46.2 Å². The minimum atomic E-state index is -0.486. The molecule has 1 aliphatic rings. The first-order chi connectivity index (χ1) is 18.4. The lowest BCUT2D eigenvalue weighted by Gasteiger charge is -2.36. The van der Waals surface area contributed by atoms with Gasteiger partial charge in [-0.2, -0.15) is 0 Å². The quantitative estimate of drug-likeness (QED) is 0.202. The molecule has 1 amide bonds. The van der Waals surface area contributed by atoms with Gasteiger partial charge in [-0.1, -0.05) is 53.5 Å². The highest BCUT2D eigenvalue weighted by molar-refractivity contribution is 6.33. The van der Waals surface area contributed by atoms with Crippen molar-refractivity contribution in [2.24, 2.45) is 0 Å². The molecule has 1 fully saturated rings. The van der Waals surface area contributed by atoms with Crippen LogP contribution < -0.4 is 10.2 Å². The molecule has 194 valence electrons. The summed E-state index contributed by atoms with van der Waals surface area (Å²) in [6.07, 6.45) is 0. The molecule has 8 nitrogen and oxygen atoms in total. The van der Waals surface area contributed by atoms with Gasteiger partial charge < -0.3 is 14.6 Å². The Balaban J connectivity index is 1.21. The number of halogens is 2. The monoisotopic (exact) mass is 550 g/mol. The molecule has 1 saturated heterocycles. The zero-order valence-electron chi connectivity index (χ0n) is 20.3. The number of nitrogens with one attached hydrogen (secondary N) is 1. The molecule has 5 rings (SSSR count). The average molecular weight is 551 g/mol. The van der Waals surface area contributed by atoms with E-state index in [1.165, 1.54) is 12.1 Å². The fourth-order valence-electron chi connectivity index (χ4n) is 4.49. The van der Waals surface area contributed by atoms with Crippen LogP contribution in [0.1, 0.15) is 16.1 Å². The molecule has 1 aromatic heterocycles. The Hall–Kier alpha value is -3.85. The number of rotatable bonds is 7. The largest absolute Gasteiger partial charge is 0.451 e. The topological polar surface area (TPSA) is 91.9 Å². The first kappa shape index (κ1) is 25.8. The molecule has 2 heterocycles. The van der Waals surface area contributed by atoms with E-state index in [9.17, 15) is 14.9 Å². The molecular formula is C28H24Cl2N4O4.